The van der Waals surface area contributed by atoms with Gasteiger partial charge in [-0.2, -0.15) is 5.26 Å². The number of thiol groups is 1. The van der Waals surface area contributed by atoms with Crippen LogP contribution in [-0.4, -0.2) is 12.7 Å². The largest absolute Gasteiger partial charge is 0.449 e. The highest BCUT2D eigenvalue weighted by Gasteiger charge is 2.08. The number of carbonyl (C=O) groups excluding carboxylic acids is 1. The SMILES string of the molecule is Cc1cc(Br)cc(C)c1CCOC(=O)Nc1ccc(S)c(C#N)c1. The van der Waals surface area contributed by atoms with Crippen LogP contribution in [0.15, 0.2) is 39.7 Å². The number of hydrogen-bond donors (Lipinski definition) is 2. The lowest BCUT2D eigenvalue weighted by Gasteiger charge is -2.12. The molecule has 0 aliphatic carbocycles. The molecule has 0 aliphatic rings. The smallest absolute Gasteiger partial charge is 0.411 e. The first-order valence-electron chi connectivity index (χ1n) is 7.33. The second-order valence-electron chi connectivity index (χ2n) is 5.37. The van der Waals surface area contributed by atoms with Crippen LogP contribution < -0.4 is 5.32 Å². The van der Waals surface area contributed by atoms with Crippen LogP contribution in [0.4, 0.5) is 10.5 Å². The van der Waals surface area contributed by atoms with Crippen molar-refractivity contribution in [1.82, 2.24) is 0 Å². The number of rotatable bonds is 4. The predicted molar refractivity (Wildman–Crippen MR) is 101 cm³/mol. The summed E-state index contributed by atoms with van der Waals surface area (Å²) in [6.45, 7) is 4.36. The molecule has 0 fully saturated rings. The molecule has 2 aromatic carbocycles. The van der Waals surface area contributed by atoms with Gasteiger partial charge in [0.15, 0.2) is 0 Å². The average molecular weight is 405 g/mol. The summed E-state index contributed by atoms with van der Waals surface area (Å²) in [5, 5.41) is 11.6. The molecular weight excluding hydrogens is 388 g/mol. The highest BCUT2D eigenvalue weighted by Crippen LogP contribution is 2.21. The zero-order valence-corrected chi connectivity index (χ0v) is 15.9. The van der Waals surface area contributed by atoms with Crippen LogP contribution in [0.25, 0.3) is 0 Å². The summed E-state index contributed by atoms with van der Waals surface area (Å²) in [6, 6.07) is 11.0. The fraction of sp³-hybridized carbons (Fsp3) is 0.222. The fourth-order valence-corrected chi connectivity index (χ4v) is 3.31. The molecule has 0 heterocycles. The van der Waals surface area contributed by atoms with Gasteiger partial charge in [0.1, 0.15) is 6.07 Å². The molecule has 0 aliphatic heterocycles. The molecule has 2 rings (SSSR count). The number of aryl methyl sites for hydroxylation is 2. The molecule has 1 N–H and O–H groups in total. The quantitative estimate of drug-likeness (QED) is 0.703. The van der Waals surface area contributed by atoms with E-state index in [1.54, 1.807) is 18.2 Å². The van der Waals surface area contributed by atoms with Crippen molar-refractivity contribution in [3.05, 3.63) is 57.1 Å². The lowest BCUT2D eigenvalue weighted by molar-refractivity contribution is 0.163. The van der Waals surface area contributed by atoms with E-state index in [-0.39, 0.29) is 6.61 Å². The normalized spacial score (nSPS) is 10.1. The molecule has 0 saturated heterocycles. The van der Waals surface area contributed by atoms with Crippen LogP contribution in [0.3, 0.4) is 0 Å². The van der Waals surface area contributed by atoms with E-state index < -0.39 is 6.09 Å². The number of carbonyl (C=O) groups is 1. The van der Waals surface area contributed by atoms with Gasteiger partial charge < -0.3 is 4.74 Å². The van der Waals surface area contributed by atoms with E-state index in [4.69, 9.17) is 10.00 Å². The number of amides is 1. The van der Waals surface area contributed by atoms with E-state index in [1.807, 2.05) is 32.0 Å². The summed E-state index contributed by atoms with van der Waals surface area (Å²) >= 11 is 7.64. The van der Waals surface area contributed by atoms with Crippen molar-refractivity contribution >= 4 is 40.3 Å². The van der Waals surface area contributed by atoms with Crippen LogP contribution in [-0.2, 0) is 11.2 Å². The van der Waals surface area contributed by atoms with Crippen molar-refractivity contribution in [3.8, 4) is 6.07 Å². The standard InChI is InChI=1S/C18H17BrN2O2S/c1-11-7-14(19)8-12(2)16(11)5-6-23-18(22)21-15-3-4-17(24)13(9-15)10-20/h3-4,7-9,24H,5-6H2,1-2H3,(H,21,22). The Labute approximate surface area is 155 Å². The Hall–Kier alpha value is -1.97. The number of ether oxygens (including phenoxy) is 1. The van der Waals surface area contributed by atoms with Gasteiger partial charge in [0.05, 0.1) is 12.2 Å². The van der Waals surface area contributed by atoms with Gasteiger partial charge in [-0.3, -0.25) is 5.32 Å². The van der Waals surface area contributed by atoms with E-state index >= 15 is 0 Å². The Balaban J connectivity index is 1.92. The number of nitrogens with one attached hydrogen (secondary N) is 1. The molecule has 1 amide bonds. The fourth-order valence-electron chi connectivity index (χ4n) is 2.44. The number of anilines is 1. The Morgan fingerprint density at radius 3 is 2.58 bits per heavy atom. The minimum absolute atomic E-state index is 0.283. The van der Waals surface area contributed by atoms with E-state index in [2.05, 4.69) is 33.9 Å². The summed E-state index contributed by atoms with van der Waals surface area (Å²) in [5.41, 5.74) is 4.41. The van der Waals surface area contributed by atoms with Crippen molar-refractivity contribution < 1.29 is 9.53 Å². The molecule has 2 aromatic rings. The molecule has 0 spiro atoms. The molecule has 0 atom stereocenters. The maximum absolute atomic E-state index is 11.9. The zero-order valence-electron chi connectivity index (χ0n) is 13.4. The molecule has 24 heavy (non-hydrogen) atoms. The van der Waals surface area contributed by atoms with Gasteiger partial charge in [-0.25, -0.2) is 4.79 Å². The first-order valence-corrected chi connectivity index (χ1v) is 8.57. The summed E-state index contributed by atoms with van der Waals surface area (Å²) in [5.74, 6) is 0. The van der Waals surface area contributed by atoms with Gasteiger partial charge in [-0.05, 0) is 60.9 Å². The molecule has 0 bridgehead atoms. The molecule has 0 saturated carbocycles. The van der Waals surface area contributed by atoms with Crippen LogP contribution in [0.5, 0.6) is 0 Å². The lowest BCUT2D eigenvalue weighted by atomic mass is 10.0. The Kier molecular flexibility index (Phi) is 6.29. The highest BCUT2D eigenvalue weighted by molar-refractivity contribution is 9.10. The predicted octanol–water partition coefficient (Wildman–Crippen LogP) is 5.02. The second kappa shape index (κ2) is 8.22. The van der Waals surface area contributed by atoms with E-state index in [9.17, 15) is 4.79 Å². The van der Waals surface area contributed by atoms with Crippen molar-refractivity contribution in [2.24, 2.45) is 0 Å². The van der Waals surface area contributed by atoms with Crippen molar-refractivity contribution in [1.29, 1.82) is 5.26 Å². The summed E-state index contributed by atoms with van der Waals surface area (Å²) in [7, 11) is 0. The molecule has 0 radical (unpaired) electrons. The molecule has 124 valence electrons. The van der Waals surface area contributed by atoms with Crippen LogP contribution in [0, 0.1) is 25.2 Å². The monoisotopic (exact) mass is 404 g/mol. The number of hydrogen-bond acceptors (Lipinski definition) is 4. The third-order valence-electron chi connectivity index (χ3n) is 3.61. The molecule has 4 nitrogen and oxygen atoms in total. The highest BCUT2D eigenvalue weighted by atomic mass is 79.9. The van der Waals surface area contributed by atoms with E-state index in [0.29, 0.717) is 22.6 Å². The molecule has 0 unspecified atom stereocenters. The number of halogens is 1. The third kappa shape index (κ3) is 4.76. The van der Waals surface area contributed by atoms with Gasteiger partial charge >= 0.3 is 6.09 Å². The first kappa shape index (κ1) is 18.4. The number of benzene rings is 2. The molecular formula is C18H17BrN2O2S. The minimum atomic E-state index is -0.543. The second-order valence-corrected chi connectivity index (χ2v) is 6.77. The van der Waals surface area contributed by atoms with Gasteiger partial charge in [0.25, 0.3) is 0 Å². The van der Waals surface area contributed by atoms with Crippen molar-refractivity contribution in [3.63, 3.8) is 0 Å². The number of nitrogens with zero attached hydrogens (tertiary/aromatic N) is 1. The topological polar surface area (TPSA) is 62.1 Å². The average Bonchev–Trinajstić information content (AvgIpc) is 2.51. The van der Waals surface area contributed by atoms with Crippen LogP contribution >= 0.6 is 28.6 Å². The van der Waals surface area contributed by atoms with Gasteiger partial charge in [-0.1, -0.05) is 15.9 Å². The Morgan fingerprint density at radius 2 is 1.96 bits per heavy atom. The Morgan fingerprint density at radius 1 is 1.29 bits per heavy atom. The summed E-state index contributed by atoms with van der Waals surface area (Å²) in [6.07, 6.45) is 0.107. The maximum atomic E-state index is 11.9. The first-order chi connectivity index (χ1) is 11.4. The summed E-state index contributed by atoms with van der Waals surface area (Å²) in [4.78, 5) is 12.4. The minimum Gasteiger partial charge on any atom is -0.449 e. The van der Waals surface area contributed by atoms with Gasteiger partial charge in [0.2, 0.25) is 0 Å². The zero-order chi connectivity index (χ0) is 17.7. The summed E-state index contributed by atoms with van der Waals surface area (Å²) < 4.78 is 6.27. The van der Waals surface area contributed by atoms with Crippen LogP contribution in [0.1, 0.15) is 22.3 Å². The number of nitriles is 1. The van der Waals surface area contributed by atoms with Gasteiger partial charge in [-0.15, -0.1) is 12.6 Å². The molecule has 6 heteroatoms. The lowest BCUT2D eigenvalue weighted by Crippen LogP contribution is -2.16. The Bertz CT molecular complexity index is 792. The molecule has 0 aromatic heterocycles. The van der Waals surface area contributed by atoms with Gasteiger partial charge in [0, 0.05) is 21.5 Å². The maximum Gasteiger partial charge on any atom is 0.411 e. The van der Waals surface area contributed by atoms with E-state index in [0.717, 1.165) is 15.6 Å². The van der Waals surface area contributed by atoms with Crippen LogP contribution in [0.2, 0.25) is 0 Å². The van der Waals surface area contributed by atoms with Crippen molar-refractivity contribution in [2.45, 2.75) is 25.2 Å². The van der Waals surface area contributed by atoms with E-state index in [1.165, 1.54) is 5.56 Å². The van der Waals surface area contributed by atoms with Crippen molar-refractivity contribution in [2.75, 3.05) is 11.9 Å². The third-order valence-corrected chi connectivity index (χ3v) is 4.46.